The number of fused-ring (bicyclic) bond motifs is 1. The Hall–Kier alpha value is -2.21. The molecule has 0 aliphatic rings. The predicted octanol–water partition coefficient (Wildman–Crippen LogP) is 5.23. The number of benzene rings is 1. The van der Waals surface area contributed by atoms with Gasteiger partial charge in [-0.3, -0.25) is 4.79 Å². The van der Waals surface area contributed by atoms with E-state index in [0.717, 1.165) is 33.6 Å². The van der Waals surface area contributed by atoms with Crippen molar-refractivity contribution in [1.29, 1.82) is 0 Å². The molecule has 0 saturated heterocycles. The Labute approximate surface area is 154 Å². The molecule has 6 heteroatoms. The van der Waals surface area contributed by atoms with E-state index >= 15 is 0 Å². The number of hydrogen-bond donors (Lipinski definition) is 1. The van der Waals surface area contributed by atoms with Crippen LogP contribution < -0.4 is 5.32 Å². The number of aromatic nitrogens is 2. The third kappa shape index (κ3) is 3.74. The summed E-state index contributed by atoms with van der Waals surface area (Å²) in [4.78, 5) is 16.7. The van der Waals surface area contributed by atoms with Gasteiger partial charge in [-0.05, 0) is 49.2 Å². The quantitative estimate of drug-likeness (QED) is 0.633. The van der Waals surface area contributed by atoms with Gasteiger partial charge >= 0.3 is 0 Å². The number of pyridine rings is 1. The van der Waals surface area contributed by atoms with Crippen molar-refractivity contribution in [2.24, 2.45) is 0 Å². The standard InChI is InChI=1S/C19H19BrFN3O/c1-3-4-17(19(25)23-18-8-6-14(21)10-22-18)24-11-12(2)15-9-13(20)5-7-16(15)24/h5-11,17H,3-4H2,1-2H3,(H,22,23,25). The van der Waals surface area contributed by atoms with Gasteiger partial charge in [0.1, 0.15) is 17.7 Å². The summed E-state index contributed by atoms with van der Waals surface area (Å²) >= 11 is 3.50. The first-order valence-electron chi connectivity index (χ1n) is 8.18. The number of anilines is 1. The van der Waals surface area contributed by atoms with Crippen molar-refractivity contribution in [2.45, 2.75) is 32.7 Å². The van der Waals surface area contributed by atoms with Crippen LogP contribution in [0.25, 0.3) is 10.9 Å². The third-order valence-corrected chi connectivity index (χ3v) is 4.67. The van der Waals surface area contributed by atoms with Crippen molar-refractivity contribution in [1.82, 2.24) is 9.55 Å². The fourth-order valence-electron chi connectivity index (χ4n) is 2.98. The first kappa shape index (κ1) is 17.6. The van der Waals surface area contributed by atoms with E-state index in [0.29, 0.717) is 12.2 Å². The maximum absolute atomic E-state index is 13.0. The summed E-state index contributed by atoms with van der Waals surface area (Å²) in [5, 5.41) is 3.91. The number of halogens is 2. The van der Waals surface area contributed by atoms with Gasteiger partial charge in [-0.1, -0.05) is 29.3 Å². The van der Waals surface area contributed by atoms with E-state index in [9.17, 15) is 9.18 Å². The van der Waals surface area contributed by atoms with E-state index in [2.05, 4.69) is 32.3 Å². The molecule has 1 N–H and O–H groups in total. The molecule has 25 heavy (non-hydrogen) atoms. The van der Waals surface area contributed by atoms with Crippen molar-refractivity contribution >= 4 is 38.6 Å². The normalized spacial score (nSPS) is 12.3. The second-order valence-corrected chi connectivity index (χ2v) is 6.95. The van der Waals surface area contributed by atoms with Gasteiger partial charge in [0.2, 0.25) is 5.91 Å². The number of hydrogen-bond acceptors (Lipinski definition) is 2. The molecule has 0 bridgehead atoms. The zero-order chi connectivity index (χ0) is 18.0. The van der Waals surface area contributed by atoms with Crippen LogP contribution in [0.4, 0.5) is 10.2 Å². The molecule has 3 aromatic rings. The lowest BCUT2D eigenvalue weighted by molar-refractivity contribution is -0.119. The van der Waals surface area contributed by atoms with Gasteiger partial charge in [-0.25, -0.2) is 9.37 Å². The average Bonchev–Trinajstić information content (AvgIpc) is 2.90. The number of nitrogens with zero attached hydrogens (tertiary/aromatic N) is 2. The smallest absolute Gasteiger partial charge is 0.248 e. The summed E-state index contributed by atoms with van der Waals surface area (Å²) in [5.41, 5.74) is 2.13. The van der Waals surface area contributed by atoms with Crippen LogP contribution in [0, 0.1) is 12.7 Å². The first-order valence-corrected chi connectivity index (χ1v) is 8.98. The Morgan fingerprint density at radius 1 is 1.36 bits per heavy atom. The number of nitrogens with one attached hydrogen (secondary N) is 1. The summed E-state index contributed by atoms with van der Waals surface area (Å²) in [6.07, 6.45) is 4.67. The molecule has 0 spiro atoms. The molecule has 0 radical (unpaired) electrons. The topological polar surface area (TPSA) is 46.9 Å². The fraction of sp³-hybridized carbons (Fsp3) is 0.263. The van der Waals surface area contributed by atoms with Crippen LogP contribution in [0.1, 0.15) is 31.4 Å². The van der Waals surface area contributed by atoms with Crippen LogP contribution in [0.15, 0.2) is 47.2 Å². The van der Waals surface area contributed by atoms with Gasteiger partial charge < -0.3 is 9.88 Å². The zero-order valence-corrected chi connectivity index (χ0v) is 15.7. The van der Waals surface area contributed by atoms with Gasteiger partial charge in [-0.15, -0.1) is 0 Å². The largest absolute Gasteiger partial charge is 0.335 e. The van der Waals surface area contributed by atoms with Gasteiger partial charge in [0, 0.05) is 21.6 Å². The van der Waals surface area contributed by atoms with E-state index in [4.69, 9.17) is 0 Å². The van der Waals surface area contributed by atoms with E-state index in [1.54, 1.807) is 0 Å². The lowest BCUT2D eigenvalue weighted by Gasteiger charge is -2.19. The number of aryl methyl sites for hydroxylation is 1. The summed E-state index contributed by atoms with van der Waals surface area (Å²) in [5.74, 6) is -0.232. The van der Waals surface area contributed by atoms with Crippen molar-refractivity contribution in [2.75, 3.05) is 5.32 Å². The van der Waals surface area contributed by atoms with Gasteiger partial charge in [-0.2, -0.15) is 0 Å². The highest BCUT2D eigenvalue weighted by Gasteiger charge is 2.22. The SMILES string of the molecule is CCCC(C(=O)Nc1ccc(F)cn1)n1cc(C)c2cc(Br)ccc21. The molecular formula is C19H19BrFN3O. The summed E-state index contributed by atoms with van der Waals surface area (Å²) in [6.45, 7) is 4.08. The molecule has 4 nitrogen and oxygen atoms in total. The molecule has 0 aliphatic carbocycles. The molecule has 1 amide bonds. The van der Waals surface area contributed by atoms with Crippen LogP contribution >= 0.6 is 15.9 Å². The van der Waals surface area contributed by atoms with Crippen molar-refractivity contribution in [3.05, 3.63) is 58.6 Å². The number of amides is 1. The average molecular weight is 404 g/mol. The Morgan fingerprint density at radius 2 is 2.16 bits per heavy atom. The van der Waals surface area contributed by atoms with E-state index in [1.165, 1.54) is 12.1 Å². The number of carbonyl (C=O) groups excluding carboxylic acids is 1. The van der Waals surface area contributed by atoms with Gasteiger partial charge in [0.05, 0.1) is 6.20 Å². The Kier molecular flexibility index (Phi) is 5.18. The molecule has 3 rings (SSSR count). The molecular weight excluding hydrogens is 385 g/mol. The lowest BCUT2D eigenvalue weighted by atomic mass is 10.1. The second kappa shape index (κ2) is 7.35. The molecule has 0 fully saturated rings. The Morgan fingerprint density at radius 3 is 2.84 bits per heavy atom. The van der Waals surface area contributed by atoms with Crippen LogP contribution in [0.3, 0.4) is 0 Å². The highest BCUT2D eigenvalue weighted by atomic mass is 79.9. The summed E-state index contributed by atoms with van der Waals surface area (Å²) < 4.78 is 16.0. The Balaban J connectivity index is 1.95. The number of rotatable bonds is 5. The molecule has 1 unspecified atom stereocenters. The second-order valence-electron chi connectivity index (χ2n) is 6.04. The molecule has 1 aromatic carbocycles. The van der Waals surface area contributed by atoms with Crippen molar-refractivity contribution in [3.63, 3.8) is 0 Å². The van der Waals surface area contributed by atoms with Gasteiger partial charge in [0.25, 0.3) is 0 Å². The molecule has 130 valence electrons. The highest BCUT2D eigenvalue weighted by Crippen LogP contribution is 2.29. The van der Waals surface area contributed by atoms with Gasteiger partial charge in [0.15, 0.2) is 0 Å². The molecule has 0 saturated carbocycles. The monoisotopic (exact) mass is 403 g/mol. The van der Waals surface area contributed by atoms with Crippen LogP contribution in [0.2, 0.25) is 0 Å². The summed E-state index contributed by atoms with van der Waals surface area (Å²) in [6, 6.07) is 8.44. The summed E-state index contributed by atoms with van der Waals surface area (Å²) in [7, 11) is 0. The predicted molar refractivity (Wildman–Crippen MR) is 101 cm³/mol. The maximum Gasteiger partial charge on any atom is 0.248 e. The van der Waals surface area contributed by atoms with Crippen LogP contribution in [-0.4, -0.2) is 15.5 Å². The fourth-order valence-corrected chi connectivity index (χ4v) is 3.35. The van der Waals surface area contributed by atoms with E-state index in [1.807, 2.05) is 36.7 Å². The maximum atomic E-state index is 13.0. The van der Waals surface area contributed by atoms with E-state index in [-0.39, 0.29) is 11.9 Å². The Bertz CT molecular complexity index is 905. The minimum atomic E-state index is -0.430. The minimum Gasteiger partial charge on any atom is -0.335 e. The van der Waals surface area contributed by atoms with E-state index < -0.39 is 5.82 Å². The van der Waals surface area contributed by atoms with Crippen LogP contribution in [-0.2, 0) is 4.79 Å². The lowest BCUT2D eigenvalue weighted by Crippen LogP contribution is -2.26. The number of carbonyl (C=O) groups is 1. The third-order valence-electron chi connectivity index (χ3n) is 4.17. The van der Waals surface area contributed by atoms with Crippen molar-refractivity contribution < 1.29 is 9.18 Å². The molecule has 2 heterocycles. The highest BCUT2D eigenvalue weighted by molar-refractivity contribution is 9.10. The molecule has 2 aromatic heterocycles. The van der Waals surface area contributed by atoms with Crippen molar-refractivity contribution in [3.8, 4) is 0 Å². The van der Waals surface area contributed by atoms with Crippen LogP contribution in [0.5, 0.6) is 0 Å². The molecule has 1 atom stereocenters. The molecule has 0 aliphatic heterocycles. The zero-order valence-electron chi connectivity index (χ0n) is 14.1. The minimum absolute atomic E-state index is 0.152. The first-order chi connectivity index (χ1) is 12.0.